The van der Waals surface area contributed by atoms with E-state index in [-0.39, 0.29) is 5.56 Å². The minimum absolute atomic E-state index is 0.104. The number of aryl methyl sites for hydroxylation is 1. The summed E-state index contributed by atoms with van der Waals surface area (Å²) in [6, 6.07) is 17.2. The van der Waals surface area contributed by atoms with Crippen LogP contribution in [0.25, 0.3) is 27.3 Å². The van der Waals surface area contributed by atoms with Gasteiger partial charge in [0, 0.05) is 5.56 Å². The van der Waals surface area contributed by atoms with E-state index < -0.39 is 0 Å². The predicted octanol–water partition coefficient (Wildman–Crippen LogP) is 5.50. The number of aromatic nitrogens is 4. The molecule has 33 heavy (non-hydrogen) atoms. The van der Waals surface area contributed by atoms with Crippen LogP contribution in [0.15, 0.2) is 74.5 Å². The molecule has 0 saturated carbocycles. The van der Waals surface area contributed by atoms with Gasteiger partial charge < -0.3 is 9.26 Å². The summed E-state index contributed by atoms with van der Waals surface area (Å²) in [5.74, 6) is 2.14. The highest BCUT2D eigenvalue weighted by atomic mass is 32.2. The second kappa shape index (κ2) is 9.21. The standard InChI is InChI=1S/C24H20N4O3S2/c1-3-30-18-10-8-17(9-11-18)28-23(29)21-19(12-13-32-21)25-24(28)33-14-20-26-22(27-31-20)16-6-4-15(2)5-7-16/h4-13H,3,14H2,1-2H3. The average molecular weight is 477 g/mol. The molecule has 0 bridgehead atoms. The summed E-state index contributed by atoms with van der Waals surface area (Å²) in [5.41, 5.74) is 3.36. The highest BCUT2D eigenvalue weighted by Gasteiger charge is 2.16. The van der Waals surface area contributed by atoms with Crippen LogP contribution in [-0.2, 0) is 5.75 Å². The lowest BCUT2D eigenvalue weighted by Crippen LogP contribution is -2.20. The molecule has 7 nitrogen and oxygen atoms in total. The second-order valence-electron chi connectivity index (χ2n) is 7.26. The second-order valence-corrected chi connectivity index (χ2v) is 9.12. The van der Waals surface area contributed by atoms with Crippen molar-refractivity contribution in [1.29, 1.82) is 0 Å². The van der Waals surface area contributed by atoms with Crippen molar-refractivity contribution in [3.8, 4) is 22.8 Å². The fourth-order valence-corrected chi connectivity index (χ4v) is 4.94. The fraction of sp³-hybridized carbons (Fsp3) is 0.167. The Morgan fingerprint density at radius 1 is 1.06 bits per heavy atom. The molecule has 0 amide bonds. The SMILES string of the molecule is CCOc1ccc(-n2c(SCc3nc(-c4ccc(C)cc4)no3)nc3ccsc3c2=O)cc1. The lowest BCUT2D eigenvalue weighted by molar-refractivity contribution is 0.340. The van der Waals surface area contributed by atoms with Crippen LogP contribution in [0.5, 0.6) is 5.75 Å². The van der Waals surface area contributed by atoms with Gasteiger partial charge in [0.05, 0.1) is 23.6 Å². The Bertz CT molecular complexity index is 1450. The van der Waals surface area contributed by atoms with Gasteiger partial charge in [-0.15, -0.1) is 11.3 Å². The van der Waals surface area contributed by atoms with E-state index in [9.17, 15) is 4.79 Å². The number of benzene rings is 2. The third-order valence-electron chi connectivity index (χ3n) is 4.96. The Hall–Kier alpha value is -3.43. The molecule has 0 spiro atoms. The van der Waals surface area contributed by atoms with Crippen molar-refractivity contribution in [3.63, 3.8) is 0 Å². The molecular formula is C24H20N4O3S2. The zero-order valence-corrected chi connectivity index (χ0v) is 19.7. The number of hydrogen-bond donors (Lipinski definition) is 0. The Labute approximate surface area is 198 Å². The topological polar surface area (TPSA) is 83.0 Å². The summed E-state index contributed by atoms with van der Waals surface area (Å²) in [7, 11) is 0. The Morgan fingerprint density at radius 3 is 2.61 bits per heavy atom. The number of thiophene rings is 1. The molecule has 0 aliphatic rings. The van der Waals surface area contributed by atoms with Crippen LogP contribution < -0.4 is 10.3 Å². The van der Waals surface area contributed by atoms with E-state index in [1.165, 1.54) is 28.7 Å². The molecule has 0 unspecified atom stereocenters. The van der Waals surface area contributed by atoms with Gasteiger partial charge in [-0.3, -0.25) is 9.36 Å². The van der Waals surface area contributed by atoms with E-state index in [0.717, 1.165) is 17.0 Å². The summed E-state index contributed by atoms with van der Waals surface area (Å²) >= 11 is 2.77. The molecule has 0 radical (unpaired) electrons. The largest absolute Gasteiger partial charge is 0.494 e. The first kappa shape index (κ1) is 21.4. The molecule has 9 heteroatoms. The Balaban J connectivity index is 1.46. The van der Waals surface area contributed by atoms with E-state index in [1.54, 1.807) is 4.57 Å². The van der Waals surface area contributed by atoms with Crippen LogP contribution in [0, 0.1) is 6.92 Å². The minimum atomic E-state index is -0.104. The molecule has 0 atom stereocenters. The summed E-state index contributed by atoms with van der Waals surface area (Å²) in [6.45, 7) is 4.55. The van der Waals surface area contributed by atoms with Crippen molar-refractivity contribution in [2.24, 2.45) is 0 Å². The first-order valence-corrected chi connectivity index (χ1v) is 12.2. The third kappa shape index (κ3) is 4.42. The van der Waals surface area contributed by atoms with Crippen molar-refractivity contribution >= 4 is 33.3 Å². The maximum atomic E-state index is 13.3. The average Bonchev–Trinajstić information content (AvgIpc) is 3.49. The van der Waals surface area contributed by atoms with E-state index in [1.807, 2.05) is 73.8 Å². The van der Waals surface area contributed by atoms with E-state index in [4.69, 9.17) is 14.2 Å². The van der Waals surface area contributed by atoms with Gasteiger partial charge in [-0.1, -0.05) is 46.7 Å². The summed E-state index contributed by atoms with van der Waals surface area (Å²) in [5, 5.41) is 6.53. The van der Waals surface area contributed by atoms with E-state index in [0.29, 0.717) is 39.4 Å². The smallest absolute Gasteiger partial charge is 0.276 e. The van der Waals surface area contributed by atoms with Crippen molar-refractivity contribution in [3.05, 3.63) is 81.8 Å². The zero-order chi connectivity index (χ0) is 22.8. The quantitative estimate of drug-likeness (QED) is 0.227. The van der Waals surface area contributed by atoms with Crippen LogP contribution in [0.1, 0.15) is 18.4 Å². The molecule has 3 heterocycles. The molecule has 3 aromatic heterocycles. The lowest BCUT2D eigenvalue weighted by atomic mass is 10.1. The highest BCUT2D eigenvalue weighted by Crippen LogP contribution is 2.27. The normalized spacial score (nSPS) is 11.2. The van der Waals surface area contributed by atoms with E-state index >= 15 is 0 Å². The van der Waals surface area contributed by atoms with Gasteiger partial charge >= 0.3 is 0 Å². The zero-order valence-electron chi connectivity index (χ0n) is 18.0. The van der Waals surface area contributed by atoms with Crippen LogP contribution in [0.3, 0.4) is 0 Å². The molecule has 2 aromatic carbocycles. The monoisotopic (exact) mass is 476 g/mol. The lowest BCUT2D eigenvalue weighted by Gasteiger charge is -2.12. The molecule has 5 aromatic rings. The number of fused-ring (bicyclic) bond motifs is 1. The van der Waals surface area contributed by atoms with Crippen LogP contribution >= 0.6 is 23.1 Å². The first-order valence-electron chi connectivity index (χ1n) is 10.4. The molecule has 166 valence electrons. The fourth-order valence-electron chi connectivity index (χ4n) is 3.33. The molecule has 0 aliphatic carbocycles. The van der Waals surface area contributed by atoms with Gasteiger partial charge in [-0.25, -0.2) is 4.98 Å². The maximum Gasteiger partial charge on any atom is 0.276 e. The summed E-state index contributed by atoms with van der Waals surface area (Å²) in [4.78, 5) is 22.5. The number of nitrogens with zero attached hydrogens (tertiary/aromatic N) is 4. The van der Waals surface area contributed by atoms with Gasteiger partial charge in [-0.05, 0) is 49.6 Å². The Morgan fingerprint density at radius 2 is 1.85 bits per heavy atom. The summed E-state index contributed by atoms with van der Waals surface area (Å²) < 4.78 is 13.2. The number of rotatable bonds is 7. The van der Waals surface area contributed by atoms with E-state index in [2.05, 4.69) is 10.1 Å². The maximum absolute atomic E-state index is 13.3. The molecule has 0 N–H and O–H groups in total. The molecule has 0 saturated heterocycles. The van der Waals surface area contributed by atoms with Crippen molar-refractivity contribution < 1.29 is 9.26 Å². The van der Waals surface area contributed by atoms with Gasteiger partial charge in [0.15, 0.2) is 5.16 Å². The van der Waals surface area contributed by atoms with Gasteiger partial charge in [0.25, 0.3) is 5.56 Å². The van der Waals surface area contributed by atoms with Gasteiger partial charge in [0.2, 0.25) is 11.7 Å². The number of hydrogen-bond acceptors (Lipinski definition) is 8. The predicted molar refractivity (Wildman–Crippen MR) is 130 cm³/mol. The minimum Gasteiger partial charge on any atom is -0.494 e. The van der Waals surface area contributed by atoms with Gasteiger partial charge in [-0.2, -0.15) is 4.98 Å². The van der Waals surface area contributed by atoms with Crippen molar-refractivity contribution in [2.45, 2.75) is 24.8 Å². The van der Waals surface area contributed by atoms with Gasteiger partial charge in [0.1, 0.15) is 10.4 Å². The first-order chi connectivity index (χ1) is 16.1. The third-order valence-corrected chi connectivity index (χ3v) is 6.77. The number of ether oxygens (including phenoxy) is 1. The number of thioether (sulfide) groups is 1. The van der Waals surface area contributed by atoms with Crippen LogP contribution in [0.2, 0.25) is 0 Å². The van der Waals surface area contributed by atoms with Crippen LogP contribution in [-0.4, -0.2) is 26.3 Å². The van der Waals surface area contributed by atoms with Crippen molar-refractivity contribution in [2.75, 3.05) is 6.61 Å². The molecular weight excluding hydrogens is 456 g/mol. The molecule has 0 fully saturated rings. The van der Waals surface area contributed by atoms with Crippen molar-refractivity contribution in [1.82, 2.24) is 19.7 Å². The van der Waals surface area contributed by atoms with Crippen LogP contribution in [0.4, 0.5) is 0 Å². The molecule has 0 aliphatic heterocycles. The highest BCUT2D eigenvalue weighted by molar-refractivity contribution is 7.98. The Kier molecular flexibility index (Phi) is 5.97. The summed E-state index contributed by atoms with van der Waals surface area (Å²) in [6.07, 6.45) is 0. The molecule has 5 rings (SSSR count).